The van der Waals surface area contributed by atoms with E-state index in [1.165, 1.54) is 0 Å². The van der Waals surface area contributed by atoms with Crippen molar-refractivity contribution in [2.75, 3.05) is 0 Å². The Balaban J connectivity index is 2.73. The normalized spacial score (nSPS) is 12.4. The summed E-state index contributed by atoms with van der Waals surface area (Å²) in [6.07, 6.45) is -3.36. The van der Waals surface area contributed by atoms with Crippen LogP contribution < -0.4 is 0 Å². The van der Waals surface area contributed by atoms with Gasteiger partial charge in [-0.15, -0.1) is 0 Å². The second-order valence-corrected chi connectivity index (χ2v) is 4.29. The summed E-state index contributed by atoms with van der Waals surface area (Å²) in [5.74, 6) is -5.67. The molecule has 7 heteroatoms. The van der Waals surface area contributed by atoms with Gasteiger partial charge in [-0.25, -0.2) is 18.7 Å². The maximum absolute atomic E-state index is 13.3. The lowest BCUT2D eigenvalue weighted by molar-refractivity contribution is -0.140. The van der Waals surface area contributed by atoms with Crippen molar-refractivity contribution in [2.45, 2.75) is 25.7 Å². The standard InChI is InChI=1S/C12H9ClF4N2/c1-2-6-4-3-5-7-8(6)18-11(19-9(7)13)12(16,17)10(14)15/h3-5,10H,2H2,1H3. The molecule has 2 nitrogen and oxygen atoms in total. The van der Waals surface area contributed by atoms with Crippen molar-refractivity contribution < 1.29 is 17.6 Å². The minimum Gasteiger partial charge on any atom is -0.226 e. The van der Waals surface area contributed by atoms with Crippen LogP contribution in [0, 0.1) is 0 Å². The molecule has 19 heavy (non-hydrogen) atoms. The van der Waals surface area contributed by atoms with Gasteiger partial charge in [0.1, 0.15) is 5.15 Å². The number of benzene rings is 1. The van der Waals surface area contributed by atoms with E-state index in [9.17, 15) is 17.6 Å². The molecule has 2 aromatic rings. The van der Waals surface area contributed by atoms with E-state index in [2.05, 4.69) is 9.97 Å². The van der Waals surface area contributed by atoms with Crippen LogP contribution in [0.5, 0.6) is 0 Å². The maximum Gasteiger partial charge on any atom is 0.365 e. The number of hydrogen-bond acceptors (Lipinski definition) is 2. The molecule has 0 bridgehead atoms. The van der Waals surface area contributed by atoms with E-state index in [1.54, 1.807) is 25.1 Å². The van der Waals surface area contributed by atoms with E-state index in [-0.39, 0.29) is 10.7 Å². The maximum atomic E-state index is 13.3. The summed E-state index contributed by atoms with van der Waals surface area (Å²) in [5, 5.41) is 0.116. The largest absolute Gasteiger partial charge is 0.365 e. The molecule has 0 aliphatic heterocycles. The summed E-state index contributed by atoms with van der Waals surface area (Å²) in [6, 6.07) is 4.92. The zero-order valence-electron chi connectivity index (χ0n) is 9.80. The first-order chi connectivity index (χ1) is 8.87. The number of rotatable bonds is 3. The Morgan fingerprint density at radius 1 is 1.26 bits per heavy atom. The third-order valence-corrected chi connectivity index (χ3v) is 3.00. The zero-order valence-corrected chi connectivity index (χ0v) is 10.6. The van der Waals surface area contributed by atoms with Gasteiger partial charge in [0.2, 0.25) is 5.82 Å². The van der Waals surface area contributed by atoms with Crippen molar-refractivity contribution in [3.63, 3.8) is 0 Å². The van der Waals surface area contributed by atoms with Crippen LogP contribution in [0.1, 0.15) is 18.3 Å². The number of aromatic nitrogens is 2. The average molecular weight is 293 g/mol. The number of alkyl halides is 4. The molecule has 0 unspecified atom stereocenters. The molecule has 0 N–H and O–H groups in total. The van der Waals surface area contributed by atoms with Gasteiger partial charge < -0.3 is 0 Å². The molecule has 1 aromatic carbocycles. The number of aryl methyl sites for hydroxylation is 1. The molecule has 0 saturated heterocycles. The van der Waals surface area contributed by atoms with E-state index in [0.29, 0.717) is 17.4 Å². The van der Waals surface area contributed by atoms with Crippen molar-refractivity contribution in [2.24, 2.45) is 0 Å². The molecule has 0 fully saturated rings. The van der Waals surface area contributed by atoms with Gasteiger partial charge in [-0.3, -0.25) is 0 Å². The van der Waals surface area contributed by atoms with E-state index < -0.39 is 18.2 Å². The molecule has 2 rings (SSSR count). The van der Waals surface area contributed by atoms with Crippen LogP contribution in [0.3, 0.4) is 0 Å². The minimum atomic E-state index is -4.42. The summed E-state index contributed by atoms with van der Waals surface area (Å²) >= 11 is 5.77. The Labute approximate surface area is 111 Å². The third-order valence-electron chi connectivity index (χ3n) is 2.72. The second-order valence-electron chi connectivity index (χ2n) is 3.93. The number of halogens is 5. The summed E-state index contributed by atoms with van der Waals surface area (Å²) in [6.45, 7) is 1.80. The van der Waals surface area contributed by atoms with Crippen LogP contribution in [-0.4, -0.2) is 16.4 Å². The Morgan fingerprint density at radius 2 is 1.95 bits per heavy atom. The van der Waals surface area contributed by atoms with Crippen molar-refractivity contribution >= 4 is 22.5 Å². The Kier molecular flexibility index (Phi) is 3.62. The van der Waals surface area contributed by atoms with Crippen LogP contribution in [0.2, 0.25) is 5.15 Å². The first kappa shape index (κ1) is 14.0. The van der Waals surface area contributed by atoms with Crippen molar-refractivity contribution in [1.82, 2.24) is 9.97 Å². The molecule has 0 atom stereocenters. The van der Waals surface area contributed by atoms with Crippen molar-refractivity contribution in [1.29, 1.82) is 0 Å². The fourth-order valence-electron chi connectivity index (χ4n) is 1.71. The fraction of sp³-hybridized carbons (Fsp3) is 0.333. The predicted octanol–water partition coefficient (Wildman–Crippen LogP) is 4.20. The van der Waals surface area contributed by atoms with Crippen LogP contribution in [-0.2, 0) is 12.3 Å². The molecular weight excluding hydrogens is 284 g/mol. The van der Waals surface area contributed by atoms with Crippen LogP contribution >= 0.6 is 11.6 Å². The van der Waals surface area contributed by atoms with Gasteiger partial charge in [0.25, 0.3) is 0 Å². The lowest BCUT2D eigenvalue weighted by atomic mass is 10.1. The molecule has 102 valence electrons. The lowest BCUT2D eigenvalue weighted by Crippen LogP contribution is -2.26. The molecule has 1 heterocycles. The number of hydrogen-bond donors (Lipinski definition) is 0. The highest BCUT2D eigenvalue weighted by Gasteiger charge is 2.46. The van der Waals surface area contributed by atoms with Gasteiger partial charge >= 0.3 is 12.3 Å². The Bertz CT molecular complexity index is 616. The highest BCUT2D eigenvalue weighted by atomic mass is 35.5. The number of fused-ring (bicyclic) bond motifs is 1. The smallest absolute Gasteiger partial charge is 0.226 e. The van der Waals surface area contributed by atoms with E-state index in [4.69, 9.17) is 11.6 Å². The molecule has 0 aliphatic rings. The van der Waals surface area contributed by atoms with E-state index in [0.717, 1.165) is 0 Å². The topological polar surface area (TPSA) is 25.8 Å². The van der Waals surface area contributed by atoms with Gasteiger partial charge in [-0.2, -0.15) is 8.78 Å². The summed E-state index contributed by atoms with van der Waals surface area (Å²) in [4.78, 5) is 6.87. The predicted molar refractivity (Wildman–Crippen MR) is 63.8 cm³/mol. The van der Waals surface area contributed by atoms with Gasteiger partial charge in [0.05, 0.1) is 5.52 Å². The molecule has 0 radical (unpaired) electrons. The van der Waals surface area contributed by atoms with Crippen molar-refractivity contribution in [3.05, 3.63) is 34.7 Å². The minimum absolute atomic E-state index is 0.181. The monoisotopic (exact) mass is 292 g/mol. The molecule has 0 saturated carbocycles. The van der Waals surface area contributed by atoms with Gasteiger partial charge in [0, 0.05) is 5.39 Å². The van der Waals surface area contributed by atoms with Gasteiger partial charge in [-0.05, 0) is 18.1 Å². The van der Waals surface area contributed by atoms with Crippen LogP contribution in [0.25, 0.3) is 10.9 Å². The highest BCUT2D eigenvalue weighted by Crippen LogP contribution is 2.35. The lowest BCUT2D eigenvalue weighted by Gasteiger charge is -2.15. The van der Waals surface area contributed by atoms with Crippen LogP contribution in [0.15, 0.2) is 18.2 Å². The first-order valence-corrected chi connectivity index (χ1v) is 5.87. The van der Waals surface area contributed by atoms with E-state index >= 15 is 0 Å². The quantitative estimate of drug-likeness (QED) is 0.626. The molecular formula is C12H9ClF4N2. The molecule has 0 aliphatic carbocycles. The highest BCUT2D eigenvalue weighted by molar-refractivity contribution is 6.34. The summed E-state index contributed by atoms with van der Waals surface area (Å²) in [7, 11) is 0. The fourth-order valence-corrected chi connectivity index (χ4v) is 1.94. The summed E-state index contributed by atoms with van der Waals surface area (Å²) < 4.78 is 51.3. The molecule has 0 amide bonds. The number of nitrogens with zero attached hydrogens (tertiary/aromatic N) is 2. The van der Waals surface area contributed by atoms with Crippen molar-refractivity contribution in [3.8, 4) is 0 Å². The van der Waals surface area contributed by atoms with Crippen LogP contribution in [0.4, 0.5) is 17.6 Å². The van der Waals surface area contributed by atoms with E-state index in [1.807, 2.05) is 0 Å². The van der Waals surface area contributed by atoms with Gasteiger partial charge in [-0.1, -0.05) is 30.7 Å². The van der Waals surface area contributed by atoms with Gasteiger partial charge in [0.15, 0.2) is 0 Å². The summed E-state index contributed by atoms with van der Waals surface area (Å²) in [5.41, 5.74) is 0.827. The second kappa shape index (κ2) is 4.92. The zero-order chi connectivity index (χ0) is 14.2. The third kappa shape index (κ3) is 2.36. The number of para-hydroxylation sites is 1. The Hall–Kier alpha value is -1.43. The molecule has 1 aromatic heterocycles. The molecule has 0 spiro atoms. The first-order valence-electron chi connectivity index (χ1n) is 5.49. The SMILES string of the molecule is CCc1cccc2c(Cl)nc(C(F)(F)C(F)F)nc12. The average Bonchev–Trinajstić information content (AvgIpc) is 2.37. The Morgan fingerprint density at radius 3 is 2.53 bits per heavy atom.